The smallest absolute Gasteiger partial charge is 0.318 e. The summed E-state index contributed by atoms with van der Waals surface area (Å²) in [5.74, 6) is 1.88. The number of phenolic OH excluding ortho intramolecular Hbond substituents is 1. The molecule has 1 aromatic heterocycles. The summed E-state index contributed by atoms with van der Waals surface area (Å²) < 4.78 is 6.18. The molecule has 3 aliphatic rings. The number of hydrogen-bond donors (Lipinski definition) is 1. The summed E-state index contributed by atoms with van der Waals surface area (Å²) >= 11 is 0. The Morgan fingerprint density at radius 1 is 1.10 bits per heavy atom. The molecule has 3 aromatic rings. The van der Waals surface area contributed by atoms with Crippen LogP contribution in [-0.4, -0.2) is 97.6 Å². The monoisotopic (exact) mass is 540 g/mol. The maximum absolute atomic E-state index is 12.1. The van der Waals surface area contributed by atoms with E-state index in [1.165, 1.54) is 12.5 Å². The van der Waals surface area contributed by atoms with Gasteiger partial charge in [0.1, 0.15) is 26.0 Å². The standard InChI is InChI=1S/C30H37BN6O3/c1-2-28(39)35-11-13-36(14-12-35)29-25-8-10-37(27-18-23(38)17-21-5-3-4-6-24(21)27)20-26(25)32-30(33-29)40-16-15-34-9-7-22(31)19-34/h2-6,17-18,22,38H,1,7-16,19-20,31H2. The first-order valence-corrected chi connectivity index (χ1v) is 14.4. The van der Waals surface area contributed by atoms with E-state index in [1.54, 1.807) is 6.07 Å². The van der Waals surface area contributed by atoms with Gasteiger partial charge >= 0.3 is 6.01 Å². The Morgan fingerprint density at radius 3 is 2.70 bits per heavy atom. The lowest BCUT2D eigenvalue weighted by Gasteiger charge is -2.38. The van der Waals surface area contributed by atoms with Gasteiger partial charge in [0.15, 0.2) is 0 Å². The molecule has 6 rings (SSSR count). The van der Waals surface area contributed by atoms with Crippen LogP contribution in [0.15, 0.2) is 49.1 Å². The minimum atomic E-state index is -0.0291. The lowest BCUT2D eigenvalue weighted by Crippen LogP contribution is -2.49. The summed E-state index contributed by atoms with van der Waals surface area (Å²) in [6.45, 7) is 11.3. The van der Waals surface area contributed by atoms with Crippen LogP contribution in [0.4, 0.5) is 11.5 Å². The number of amides is 1. The Kier molecular flexibility index (Phi) is 7.51. The van der Waals surface area contributed by atoms with E-state index in [-0.39, 0.29) is 11.7 Å². The van der Waals surface area contributed by atoms with Gasteiger partial charge < -0.3 is 29.4 Å². The fourth-order valence-electron chi connectivity index (χ4n) is 6.22. The van der Waals surface area contributed by atoms with E-state index in [4.69, 9.17) is 14.7 Å². The maximum Gasteiger partial charge on any atom is 0.318 e. The van der Waals surface area contributed by atoms with Gasteiger partial charge in [-0.25, -0.2) is 0 Å². The highest BCUT2D eigenvalue weighted by Gasteiger charge is 2.29. The fourth-order valence-corrected chi connectivity index (χ4v) is 6.22. The number of piperazine rings is 1. The highest BCUT2D eigenvalue weighted by atomic mass is 16.5. The molecule has 10 heteroatoms. The van der Waals surface area contributed by atoms with Crippen LogP contribution in [0.2, 0.25) is 5.82 Å². The molecule has 2 fully saturated rings. The Labute approximate surface area is 236 Å². The summed E-state index contributed by atoms with van der Waals surface area (Å²) in [5, 5.41) is 12.6. The van der Waals surface area contributed by atoms with Crippen molar-refractivity contribution in [2.24, 2.45) is 0 Å². The van der Waals surface area contributed by atoms with E-state index in [2.05, 4.69) is 35.2 Å². The normalized spacial score (nSPS) is 19.6. The van der Waals surface area contributed by atoms with Crippen LogP contribution in [0.25, 0.3) is 10.8 Å². The molecule has 40 heavy (non-hydrogen) atoms. The summed E-state index contributed by atoms with van der Waals surface area (Å²) in [4.78, 5) is 30.8. The van der Waals surface area contributed by atoms with Gasteiger partial charge in [-0.05, 0) is 43.5 Å². The second kappa shape index (κ2) is 11.4. The summed E-state index contributed by atoms with van der Waals surface area (Å²) in [6, 6.07) is 12.2. The maximum atomic E-state index is 12.1. The first-order chi connectivity index (χ1) is 19.5. The third-order valence-electron chi connectivity index (χ3n) is 8.40. The number of aromatic hydroxyl groups is 1. The number of hydrogen-bond acceptors (Lipinski definition) is 8. The molecule has 1 N–H and O–H groups in total. The van der Waals surface area contributed by atoms with Crippen LogP contribution in [-0.2, 0) is 17.8 Å². The molecule has 3 aliphatic heterocycles. The van der Waals surface area contributed by atoms with Crippen LogP contribution in [0.3, 0.4) is 0 Å². The molecular formula is C30H37BN6O3. The number of anilines is 2. The van der Waals surface area contributed by atoms with E-state index < -0.39 is 0 Å². The highest BCUT2D eigenvalue weighted by molar-refractivity contribution is 6.12. The van der Waals surface area contributed by atoms with Gasteiger partial charge in [0.25, 0.3) is 0 Å². The number of nitrogens with zero attached hydrogens (tertiary/aromatic N) is 6. The van der Waals surface area contributed by atoms with Crippen LogP contribution in [0.5, 0.6) is 11.8 Å². The predicted octanol–water partition coefficient (Wildman–Crippen LogP) is 2.24. The number of ether oxygens (including phenoxy) is 1. The van der Waals surface area contributed by atoms with Gasteiger partial charge in [-0.1, -0.05) is 36.7 Å². The number of rotatable bonds is 7. The van der Waals surface area contributed by atoms with Gasteiger partial charge in [-0.3, -0.25) is 4.79 Å². The molecule has 1 atom stereocenters. The third-order valence-corrected chi connectivity index (χ3v) is 8.40. The lowest BCUT2D eigenvalue weighted by molar-refractivity contribution is -0.126. The largest absolute Gasteiger partial charge is 0.508 e. The van der Waals surface area contributed by atoms with Crippen molar-refractivity contribution in [2.45, 2.75) is 25.2 Å². The molecule has 2 aromatic carbocycles. The van der Waals surface area contributed by atoms with Crippen LogP contribution in [0, 0.1) is 0 Å². The van der Waals surface area contributed by atoms with Crippen molar-refractivity contribution in [1.82, 2.24) is 19.8 Å². The van der Waals surface area contributed by atoms with Gasteiger partial charge in [-0.15, -0.1) is 0 Å². The summed E-state index contributed by atoms with van der Waals surface area (Å²) in [5.41, 5.74) is 3.10. The van der Waals surface area contributed by atoms with E-state index >= 15 is 0 Å². The summed E-state index contributed by atoms with van der Waals surface area (Å²) in [6.07, 6.45) is 3.40. The molecule has 0 saturated carbocycles. The number of carbonyl (C=O) groups is 1. The van der Waals surface area contributed by atoms with Crippen molar-refractivity contribution in [3.8, 4) is 11.8 Å². The van der Waals surface area contributed by atoms with E-state index in [1.807, 2.05) is 29.2 Å². The molecule has 0 radical (unpaired) electrons. The van der Waals surface area contributed by atoms with Crippen LogP contribution >= 0.6 is 0 Å². The SMILES string of the molecule is BC1CCN(CCOc2nc3c(c(N4CCN(C(=O)C=C)CC4)n2)CCN(c2cc(O)cc4ccccc24)C3)C1. The molecule has 0 bridgehead atoms. The zero-order chi connectivity index (χ0) is 27.6. The number of phenols is 1. The van der Waals surface area contributed by atoms with Gasteiger partial charge in [-0.2, -0.15) is 9.97 Å². The zero-order valence-corrected chi connectivity index (χ0v) is 23.3. The number of carbonyl (C=O) groups excluding carboxylic acids is 1. The Hall–Kier alpha value is -3.79. The lowest BCUT2D eigenvalue weighted by atomic mass is 9.87. The van der Waals surface area contributed by atoms with Gasteiger partial charge in [0.05, 0.1) is 12.2 Å². The molecule has 208 valence electrons. The number of aromatic nitrogens is 2. The minimum Gasteiger partial charge on any atom is -0.508 e. The molecule has 1 amide bonds. The predicted molar refractivity (Wildman–Crippen MR) is 160 cm³/mol. The second-order valence-electron chi connectivity index (χ2n) is 11.2. The zero-order valence-electron chi connectivity index (χ0n) is 23.3. The van der Waals surface area contributed by atoms with E-state index in [0.717, 1.165) is 72.0 Å². The highest BCUT2D eigenvalue weighted by Crippen LogP contribution is 2.36. The molecular weight excluding hydrogens is 503 g/mol. The minimum absolute atomic E-state index is 0.0291. The third kappa shape index (κ3) is 5.45. The average Bonchev–Trinajstić information content (AvgIpc) is 3.40. The summed E-state index contributed by atoms with van der Waals surface area (Å²) in [7, 11) is 2.30. The second-order valence-corrected chi connectivity index (χ2v) is 11.2. The quantitative estimate of drug-likeness (QED) is 0.361. The Morgan fingerprint density at radius 2 is 1.93 bits per heavy atom. The topological polar surface area (TPSA) is 85.3 Å². The molecule has 4 heterocycles. The Bertz CT molecular complexity index is 1410. The number of fused-ring (bicyclic) bond motifs is 2. The van der Waals surface area contributed by atoms with Crippen molar-refractivity contribution in [1.29, 1.82) is 0 Å². The van der Waals surface area contributed by atoms with Gasteiger partial charge in [0, 0.05) is 62.0 Å². The van der Waals surface area contributed by atoms with Crippen LogP contribution < -0.4 is 14.5 Å². The molecule has 2 saturated heterocycles. The van der Waals surface area contributed by atoms with Crippen molar-refractivity contribution in [2.75, 3.05) is 68.8 Å². The molecule has 1 unspecified atom stereocenters. The number of likely N-dealkylation sites (tertiary alicyclic amines) is 1. The first-order valence-electron chi connectivity index (χ1n) is 14.4. The number of benzene rings is 2. The van der Waals surface area contributed by atoms with Crippen LogP contribution in [0.1, 0.15) is 17.7 Å². The van der Waals surface area contributed by atoms with Crippen molar-refractivity contribution < 1.29 is 14.6 Å². The van der Waals surface area contributed by atoms with Crippen molar-refractivity contribution >= 4 is 36.0 Å². The van der Waals surface area contributed by atoms with Gasteiger partial charge in [0.2, 0.25) is 5.91 Å². The van der Waals surface area contributed by atoms with Crippen molar-refractivity contribution in [3.63, 3.8) is 0 Å². The average molecular weight is 540 g/mol. The molecule has 0 spiro atoms. The molecule has 9 nitrogen and oxygen atoms in total. The van der Waals surface area contributed by atoms with Crippen molar-refractivity contribution in [3.05, 3.63) is 60.3 Å². The first kappa shape index (κ1) is 26.4. The Balaban J connectivity index is 1.27. The van der Waals surface area contributed by atoms with E-state index in [9.17, 15) is 9.90 Å². The molecule has 0 aliphatic carbocycles. The van der Waals surface area contributed by atoms with E-state index in [0.29, 0.717) is 45.3 Å². The fraction of sp³-hybridized carbons (Fsp3) is 0.433.